The molecule has 1 aliphatic rings. The van der Waals surface area contributed by atoms with E-state index < -0.39 is 6.10 Å². The summed E-state index contributed by atoms with van der Waals surface area (Å²) in [6.45, 7) is 0. The van der Waals surface area contributed by atoms with E-state index in [4.69, 9.17) is 0 Å². The summed E-state index contributed by atoms with van der Waals surface area (Å²) in [5.74, 6) is 0.924. The van der Waals surface area contributed by atoms with Gasteiger partial charge >= 0.3 is 0 Å². The van der Waals surface area contributed by atoms with Crippen LogP contribution in [0.25, 0.3) is 10.9 Å². The fourth-order valence-corrected chi connectivity index (χ4v) is 4.71. The van der Waals surface area contributed by atoms with Crippen LogP contribution in [0.15, 0.2) is 70.4 Å². The maximum absolute atomic E-state index is 12.5. The Morgan fingerprint density at radius 1 is 1.00 bits per heavy atom. The number of fused-ring (bicyclic) bond motifs is 1. The second kappa shape index (κ2) is 7.68. The SMILES string of the molecule is O=c1ccc2cc(SCc3ccccc3)ccc2n1[C@@H]1CCCC[C@H]1O. The van der Waals surface area contributed by atoms with Gasteiger partial charge < -0.3 is 9.67 Å². The van der Waals surface area contributed by atoms with Crippen molar-refractivity contribution in [2.45, 2.75) is 48.5 Å². The molecule has 2 aromatic carbocycles. The lowest BCUT2D eigenvalue weighted by atomic mass is 9.92. The topological polar surface area (TPSA) is 42.2 Å². The van der Waals surface area contributed by atoms with Gasteiger partial charge in [-0.25, -0.2) is 0 Å². The summed E-state index contributed by atoms with van der Waals surface area (Å²) in [5.41, 5.74) is 2.20. The highest BCUT2D eigenvalue weighted by atomic mass is 32.2. The minimum absolute atomic E-state index is 0.0202. The number of thioether (sulfide) groups is 1. The molecule has 0 radical (unpaired) electrons. The van der Waals surface area contributed by atoms with Gasteiger partial charge in [0, 0.05) is 16.7 Å². The van der Waals surface area contributed by atoms with Crippen molar-refractivity contribution < 1.29 is 5.11 Å². The fourth-order valence-electron chi connectivity index (χ4n) is 3.81. The average molecular weight is 365 g/mol. The van der Waals surface area contributed by atoms with Gasteiger partial charge in [-0.3, -0.25) is 4.79 Å². The second-order valence-corrected chi connectivity index (χ2v) is 8.00. The molecule has 1 aromatic heterocycles. The monoisotopic (exact) mass is 365 g/mol. The van der Waals surface area contributed by atoms with Crippen LogP contribution in [-0.4, -0.2) is 15.8 Å². The molecule has 0 saturated heterocycles. The largest absolute Gasteiger partial charge is 0.391 e. The van der Waals surface area contributed by atoms with Crippen LogP contribution in [0.1, 0.15) is 37.3 Å². The summed E-state index contributed by atoms with van der Waals surface area (Å²) < 4.78 is 1.81. The number of rotatable bonds is 4. The lowest BCUT2D eigenvalue weighted by Crippen LogP contribution is -2.34. The molecular weight excluding hydrogens is 342 g/mol. The van der Waals surface area contributed by atoms with E-state index in [2.05, 4.69) is 36.4 Å². The Bertz CT molecular complexity index is 951. The number of aliphatic hydroxyl groups excluding tert-OH is 1. The van der Waals surface area contributed by atoms with Gasteiger partial charge in [-0.2, -0.15) is 0 Å². The molecule has 0 unspecified atom stereocenters. The third-order valence-corrected chi connectivity index (χ3v) is 6.24. The fraction of sp³-hybridized carbons (Fsp3) is 0.318. The molecular formula is C22H23NO2S. The summed E-state index contributed by atoms with van der Waals surface area (Å²) in [6.07, 6.45) is 3.31. The molecule has 1 aliphatic carbocycles. The molecule has 1 saturated carbocycles. The Morgan fingerprint density at radius 2 is 1.81 bits per heavy atom. The third kappa shape index (κ3) is 3.57. The Labute approximate surface area is 157 Å². The number of aromatic nitrogens is 1. The zero-order chi connectivity index (χ0) is 17.9. The lowest BCUT2D eigenvalue weighted by Gasteiger charge is -2.30. The number of benzene rings is 2. The van der Waals surface area contributed by atoms with E-state index in [1.807, 2.05) is 22.8 Å². The molecule has 1 heterocycles. The van der Waals surface area contributed by atoms with Crippen LogP contribution >= 0.6 is 11.8 Å². The normalized spacial score (nSPS) is 20.3. The molecule has 0 spiro atoms. The highest BCUT2D eigenvalue weighted by Crippen LogP contribution is 2.31. The van der Waals surface area contributed by atoms with E-state index in [0.717, 1.165) is 42.3 Å². The minimum Gasteiger partial charge on any atom is -0.391 e. The van der Waals surface area contributed by atoms with Gasteiger partial charge in [0.2, 0.25) is 0 Å². The van der Waals surface area contributed by atoms with Crippen molar-refractivity contribution in [2.24, 2.45) is 0 Å². The first-order valence-corrected chi connectivity index (χ1v) is 10.2. The number of nitrogens with zero attached hydrogens (tertiary/aromatic N) is 1. The predicted octanol–water partition coefficient (Wildman–Crippen LogP) is 4.77. The third-order valence-electron chi connectivity index (χ3n) is 5.18. The van der Waals surface area contributed by atoms with Crippen LogP contribution in [0, 0.1) is 0 Å². The summed E-state index contributed by atoms with van der Waals surface area (Å²) in [6, 6.07) is 20.1. The van der Waals surface area contributed by atoms with Crippen LogP contribution in [-0.2, 0) is 5.75 Å². The van der Waals surface area contributed by atoms with Crippen molar-refractivity contribution in [1.29, 1.82) is 0 Å². The van der Waals surface area contributed by atoms with Gasteiger partial charge in [0.25, 0.3) is 5.56 Å². The van der Waals surface area contributed by atoms with Crippen LogP contribution in [0.3, 0.4) is 0 Å². The summed E-state index contributed by atoms with van der Waals surface area (Å²) in [5, 5.41) is 11.5. The van der Waals surface area contributed by atoms with E-state index in [9.17, 15) is 9.90 Å². The quantitative estimate of drug-likeness (QED) is 0.677. The number of hydrogen-bond donors (Lipinski definition) is 1. The molecule has 0 aliphatic heterocycles. The van der Waals surface area contributed by atoms with Crippen LogP contribution in [0.2, 0.25) is 0 Å². The van der Waals surface area contributed by atoms with Gasteiger partial charge in [0.05, 0.1) is 17.7 Å². The second-order valence-electron chi connectivity index (χ2n) is 6.96. The van der Waals surface area contributed by atoms with Crippen molar-refractivity contribution in [1.82, 2.24) is 4.57 Å². The Balaban J connectivity index is 1.65. The Morgan fingerprint density at radius 3 is 2.62 bits per heavy atom. The van der Waals surface area contributed by atoms with E-state index in [0.29, 0.717) is 0 Å². The van der Waals surface area contributed by atoms with E-state index in [1.54, 1.807) is 17.8 Å². The molecule has 3 aromatic rings. The standard InChI is InChI=1S/C22H23NO2S/c24-21-9-5-4-8-20(21)23-19-12-11-18(14-17(19)10-13-22(23)25)26-15-16-6-2-1-3-7-16/h1-3,6-7,10-14,20-21,24H,4-5,8-9,15H2/t20-,21-/m1/s1. The van der Waals surface area contributed by atoms with E-state index >= 15 is 0 Å². The minimum atomic E-state index is -0.431. The van der Waals surface area contributed by atoms with Crippen LogP contribution in [0.5, 0.6) is 0 Å². The molecule has 134 valence electrons. The average Bonchev–Trinajstić information content (AvgIpc) is 2.68. The molecule has 3 nitrogen and oxygen atoms in total. The first kappa shape index (κ1) is 17.4. The predicted molar refractivity (Wildman–Crippen MR) is 108 cm³/mol. The zero-order valence-electron chi connectivity index (χ0n) is 14.7. The van der Waals surface area contributed by atoms with Crippen molar-refractivity contribution >= 4 is 22.7 Å². The highest BCUT2D eigenvalue weighted by molar-refractivity contribution is 7.98. The van der Waals surface area contributed by atoms with Gasteiger partial charge in [-0.05, 0) is 48.1 Å². The van der Waals surface area contributed by atoms with E-state index in [-0.39, 0.29) is 11.6 Å². The van der Waals surface area contributed by atoms with Crippen molar-refractivity contribution in [3.63, 3.8) is 0 Å². The number of pyridine rings is 1. The Hall–Kier alpha value is -2.04. The summed E-state index contributed by atoms with van der Waals surface area (Å²) in [7, 11) is 0. The maximum Gasteiger partial charge on any atom is 0.251 e. The smallest absolute Gasteiger partial charge is 0.251 e. The number of aliphatic hydroxyl groups is 1. The lowest BCUT2D eigenvalue weighted by molar-refractivity contribution is 0.0759. The van der Waals surface area contributed by atoms with Crippen molar-refractivity contribution in [3.8, 4) is 0 Å². The highest BCUT2D eigenvalue weighted by Gasteiger charge is 2.26. The zero-order valence-corrected chi connectivity index (χ0v) is 15.5. The van der Waals surface area contributed by atoms with E-state index in [1.165, 1.54) is 10.5 Å². The summed E-state index contributed by atoms with van der Waals surface area (Å²) in [4.78, 5) is 13.7. The molecule has 1 fully saturated rings. The molecule has 26 heavy (non-hydrogen) atoms. The van der Waals surface area contributed by atoms with Gasteiger partial charge in [-0.1, -0.05) is 43.2 Å². The van der Waals surface area contributed by atoms with Crippen LogP contribution in [0.4, 0.5) is 0 Å². The first-order valence-electron chi connectivity index (χ1n) is 9.22. The van der Waals surface area contributed by atoms with Gasteiger partial charge in [-0.15, -0.1) is 11.8 Å². The molecule has 2 atom stereocenters. The number of hydrogen-bond acceptors (Lipinski definition) is 3. The molecule has 0 bridgehead atoms. The summed E-state index contributed by atoms with van der Waals surface area (Å²) >= 11 is 1.80. The molecule has 0 amide bonds. The van der Waals surface area contributed by atoms with Gasteiger partial charge in [0.15, 0.2) is 0 Å². The van der Waals surface area contributed by atoms with Gasteiger partial charge in [0.1, 0.15) is 0 Å². The first-order chi connectivity index (χ1) is 12.7. The molecule has 4 rings (SSSR count). The molecule has 1 N–H and O–H groups in total. The van der Waals surface area contributed by atoms with Crippen LogP contribution < -0.4 is 5.56 Å². The Kier molecular flexibility index (Phi) is 5.14. The van der Waals surface area contributed by atoms with Crippen molar-refractivity contribution in [3.05, 3.63) is 76.6 Å². The maximum atomic E-state index is 12.5. The van der Waals surface area contributed by atoms with Crippen molar-refractivity contribution in [2.75, 3.05) is 0 Å². The molecule has 4 heteroatoms.